The number of aromatic amines is 2. The Labute approximate surface area is 151 Å². The Morgan fingerprint density at radius 1 is 1.27 bits per heavy atom. The van der Waals surface area contributed by atoms with Gasteiger partial charge in [-0.1, -0.05) is 13.8 Å². The summed E-state index contributed by atoms with van der Waals surface area (Å²) in [6, 6.07) is -0.0107. The van der Waals surface area contributed by atoms with E-state index in [2.05, 4.69) is 23.8 Å². The summed E-state index contributed by atoms with van der Waals surface area (Å²) in [7, 11) is 0. The van der Waals surface area contributed by atoms with Crippen LogP contribution in [0.25, 0.3) is 0 Å². The minimum absolute atomic E-state index is 0.0107. The van der Waals surface area contributed by atoms with E-state index in [4.69, 9.17) is 0 Å². The number of hydrogen-bond donors (Lipinski definition) is 2. The number of hydrogen-bond acceptors (Lipinski definition) is 4. The summed E-state index contributed by atoms with van der Waals surface area (Å²) < 4.78 is 0. The Balaban J connectivity index is 1.74. The number of aromatic nitrogens is 2. The molecule has 1 saturated heterocycles. The molecule has 8 heteroatoms. The van der Waals surface area contributed by atoms with Gasteiger partial charge in [-0.05, 0) is 24.7 Å². The average Bonchev–Trinajstić information content (AvgIpc) is 3.40. The van der Waals surface area contributed by atoms with Gasteiger partial charge < -0.3 is 14.8 Å². The van der Waals surface area contributed by atoms with E-state index in [1.807, 2.05) is 4.90 Å². The Bertz CT molecular complexity index is 793. The highest BCUT2D eigenvalue weighted by molar-refractivity contribution is 5.81. The summed E-state index contributed by atoms with van der Waals surface area (Å²) in [6.45, 7) is 5.76. The molecular weight excluding hydrogens is 336 g/mol. The zero-order valence-electron chi connectivity index (χ0n) is 15.3. The van der Waals surface area contributed by atoms with Gasteiger partial charge in [0, 0.05) is 37.8 Å². The van der Waals surface area contributed by atoms with Crippen LogP contribution in [0.3, 0.4) is 0 Å². The van der Waals surface area contributed by atoms with E-state index in [-0.39, 0.29) is 35.8 Å². The summed E-state index contributed by atoms with van der Waals surface area (Å²) in [5.41, 5.74) is -0.924. The molecule has 1 aromatic heterocycles. The van der Waals surface area contributed by atoms with Gasteiger partial charge in [0.1, 0.15) is 0 Å². The molecule has 1 aliphatic carbocycles. The summed E-state index contributed by atoms with van der Waals surface area (Å²) in [6.07, 6.45) is 3.84. The molecule has 2 aliphatic rings. The van der Waals surface area contributed by atoms with Crippen LogP contribution in [0.5, 0.6) is 0 Å². The second-order valence-corrected chi connectivity index (χ2v) is 7.66. The Kier molecular flexibility index (Phi) is 5.29. The fourth-order valence-corrected chi connectivity index (χ4v) is 3.43. The summed E-state index contributed by atoms with van der Waals surface area (Å²) >= 11 is 0. The minimum atomic E-state index is -0.595. The third-order valence-electron chi connectivity index (χ3n) is 5.24. The van der Waals surface area contributed by atoms with Crippen molar-refractivity contribution in [2.24, 2.45) is 11.8 Å². The zero-order chi connectivity index (χ0) is 18.8. The molecular formula is C18H26N4O4. The van der Waals surface area contributed by atoms with E-state index in [0.717, 1.165) is 6.54 Å². The van der Waals surface area contributed by atoms with Gasteiger partial charge in [0.15, 0.2) is 0 Å². The standard InChI is InChI=1S/C18H26N4O4/c1-11(2)14-10-21(6-5-15(23)22(14)9-12-3-4-12)16(24)7-13-8-19-18(26)20-17(13)25/h8,11-12,14H,3-7,9-10H2,1-2H3,(H2,19,20,25,26)/t14-/m1/s1. The molecule has 142 valence electrons. The average molecular weight is 362 g/mol. The van der Waals surface area contributed by atoms with Gasteiger partial charge in [-0.2, -0.15) is 0 Å². The van der Waals surface area contributed by atoms with Crippen LogP contribution in [-0.2, 0) is 16.0 Å². The monoisotopic (exact) mass is 362 g/mol. The molecule has 8 nitrogen and oxygen atoms in total. The predicted molar refractivity (Wildman–Crippen MR) is 95.6 cm³/mol. The van der Waals surface area contributed by atoms with Crippen LogP contribution < -0.4 is 11.2 Å². The molecule has 0 spiro atoms. The normalized spacial score (nSPS) is 21.2. The van der Waals surface area contributed by atoms with Crippen LogP contribution in [-0.4, -0.2) is 57.3 Å². The Hall–Kier alpha value is -2.38. The first-order chi connectivity index (χ1) is 12.3. The molecule has 1 aliphatic heterocycles. The Morgan fingerprint density at radius 3 is 2.62 bits per heavy atom. The van der Waals surface area contributed by atoms with Gasteiger partial charge in [0.05, 0.1) is 12.5 Å². The van der Waals surface area contributed by atoms with E-state index in [9.17, 15) is 19.2 Å². The van der Waals surface area contributed by atoms with Crippen LogP contribution in [0.4, 0.5) is 0 Å². The van der Waals surface area contributed by atoms with Crippen molar-refractivity contribution in [2.45, 2.75) is 45.6 Å². The molecule has 0 bridgehead atoms. The smallest absolute Gasteiger partial charge is 0.325 e. The van der Waals surface area contributed by atoms with Gasteiger partial charge in [0.2, 0.25) is 11.8 Å². The van der Waals surface area contributed by atoms with Gasteiger partial charge in [-0.3, -0.25) is 19.4 Å². The molecule has 2 amide bonds. The van der Waals surface area contributed by atoms with E-state index in [1.165, 1.54) is 19.0 Å². The van der Waals surface area contributed by atoms with Crippen LogP contribution in [0.15, 0.2) is 15.8 Å². The quantitative estimate of drug-likeness (QED) is 0.775. The van der Waals surface area contributed by atoms with Gasteiger partial charge >= 0.3 is 5.69 Å². The number of carbonyl (C=O) groups is 2. The summed E-state index contributed by atoms with van der Waals surface area (Å²) in [5.74, 6) is 0.742. The van der Waals surface area contributed by atoms with Crippen LogP contribution in [0, 0.1) is 11.8 Å². The fraction of sp³-hybridized carbons (Fsp3) is 0.667. The second-order valence-electron chi connectivity index (χ2n) is 7.66. The Morgan fingerprint density at radius 2 is 2.00 bits per heavy atom. The molecule has 1 saturated carbocycles. The van der Waals surface area contributed by atoms with Gasteiger partial charge in [-0.15, -0.1) is 0 Å². The maximum absolute atomic E-state index is 12.7. The third-order valence-corrected chi connectivity index (χ3v) is 5.24. The highest BCUT2D eigenvalue weighted by Crippen LogP contribution is 2.32. The number of carbonyl (C=O) groups excluding carboxylic acids is 2. The second kappa shape index (κ2) is 7.47. The van der Waals surface area contributed by atoms with Gasteiger partial charge in [0.25, 0.3) is 5.56 Å². The molecule has 2 heterocycles. The number of amides is 2. The topological polar surface area (TPSA) is 106 Å². The zero-order valence-corrected chi connectivity index (χ0v) is 15.3. The van der Waals surface area contributed by atoms with Crippen molar-refractivity contribution in [2.75, 3.05) is 19.6 Å². The van der Waals surface area contributed by atoms with Crippen molar-refractivity contribution >= 4 is 11.8 Å². The van der Waals surface area contributed by atoms with Crippen molar-refractivity contribution in [3.8, 4) is 0 Å². The lowest BCUT2D eigenvalue weighted by Gasteiger charge is -2.34. The molecule has 3 rings (SSSR count). The molecule has 1 atom stereocenters. The van der Waals surface area contributed by atoms with Crippen LogP contribution in [0.1, 0.15) is 38.7 Å². The third kappa shape index (κ3) is 4.23. The van der Waals surface area contributed by atoms with E-state index in [1.54, 1.807) is 4.90 Å². The first kappa shape index (κ1) is 18.4. The lowest BCUT2D eigenvalue weighted by Crippen LogP contribution is -2.48. The highest BCUT2D eigenvalue weighted by atomic mass is 16.2. The number of H-pyrrole nitrogens is 2. The van der Waals surface area contributed by atoms with Crippen LogP contribution in [0.2, 0.25) is 0 Å². The first-order valence-corrected chi connectivity index (χ1v) is 9.23. The maximum Gasteiger partial charge on any atom is 0.325 e. The molecule has 1 aromatic rings. The predicted octanol–water partition coefficient (Wildman–Crippen LogP) is 0.101. The number of nitrogens with one attached hydrogen (secondary N) is 2. The molecule has 0 aromatic carbocycles. The SMILES string of the molecule is CC(C)[C@H]1CN(C(=O)Cc2c[nH]c(=O)[nH]c2=O)CCC(=O)N1CC1CC1. The largest absolute Gasteiger partial charge is 0.340 e. The summed E-state index contributed by atoms with van der Waals surface area (Å²) in [5, 5.41) is 0. The molecule has 26 heavy (non-hydrogen) atoms. The number of rotatable bonds is 5. The summed E-state index contributed by atoms with van der Waals surface area (Å²) in [4.78, 5) is 56.4. The number of nitrogens with zero attached hydrogens (tertiary/aromatic N) is 2. The highest BCUT2D eigenvalue weighted by Gasteiger charge is 2.36. The maximum atomic E-state index is 12.7. The lowest BCUT2D eigenvalue weighted by molar-refractivity contribution is -0.134. The van der Waals surface area contributed by atoms with E-state index in [0.29, 0.717) is 25.4 Å². The van der Waals surface area contributed by atoms with Crippen molar-refractivity contribution in [3.63, 3.8) is 0 Å². The molecule has 2 fully saturated rings. The van der Waals surface area contributed by atoms with Crippen molar-refractivity contribution in [3.05, 3.63) is 32.6 Å². The minimum Gasteiger partial charge on any atom is -0.340 e. The van der Waals surface area contributed by atoms with Crippen molar-refractivity contribution in [1.82, 2.24) is 19.8 Å². The van der Waals surface area contributed by atoms with E-state index >= 15 is 0 Å². The van der Waals surface area contributed by atoms with Crippen LogP contribution >= 0.6 is 0 Å². The fourth-order valence-electron chi connectivity index (χ4n) is 3.43. The van der Waals surface area contributed by atoms with Gasteiger partial charge in [-0.25, -0.2) is 4.79 Å². The lowest BCUT2D eigenvalue weighted by atomic mass is 10.0. The first-order valence-electron chi connectivity index (χ1n) is 9.23. The molecule has 0 unspecified atom stereocenters. The van der Waals surface area contributed by atoms with Crippen molar-refractivity contribution < 1.29 is 9.59 Å². The van der Waals surface area contributed by atoms with E-state index < -0.39 is 11.2 Å². The van der Waals surface area contributed by atoms with Crippen molar-refractivity contribution in [1.29, 1.82) is 0 Å². The molecule has 0 radical (unpaired) electrons. The molecule has 2 N–H and O–H groups in total.